The molecule has 7 heteroatoms. The van der Waals surface area contributed by atoms with E-state index in [0.29, 0.717) is 10.7 Å². The second-order valence-electron chi connectivity index (χ2n) is 2.93. The Morgan fingerprint density at radius 2 is 1.88 bits per heavy atom. The highest BCUT2D eigenvalue weighted by molar-refractivity contribution is 6.30. The third-order valence-corrected chi connectivity index (χ3v) is 1.91. The first-order valence-electron chi connectivity index (χ1n) is 4.87. The van der Waals surface area contributed by atoms with Crippen molar-refractivity contribution in [2.24, 2.45) is 0 Å². The molecule has 3 N–H and O–H groups in total. The maximum atomic E-state index is 11.3. The fourth-order valence-corrected chi connectivity index (χ4v) is 1.10. The lowest BCUT2D eigenvalue weighted by molar-refractivity contribution is 0.148. The number of carbonyl (C=O) groups excluding carboxylic acids is 2. The predicted octanol–water partition coefficient (Wildman–Crippen LogP) is 2.12. The molecule has 0 aliphatic heterocycles. The van der Waals surface area contributed by atoms with Crippen LogP contribution in [-0.4, -0.2) is 18.7 Å². The summed E-state index contributed by atoms with van der Waals surface area (Å²) in [7, 11) is 0. The van der Waals surface area contributed by atoms with Crippen LogP contribution < -0.4 is 16.2 Å². The number of hydrazine groups is 1. The monoisotopic (exact) mass is 257 g/mol. The molecular weight excluding hydrogens is 246 g/mol. The smallest absolute Gasteiger partial charge is 0.426 e. The third kappa shape index (κ3) is 5.07. The van der Waals surface area contributed by atoms with E-state index in [2.05, 4.69) is 20.9 Å². The molecule has 1 rings (SSSR count). The summed E-state index contributed by atoms with van der Waals surface area (Å²) in [5, 5.41) is 3.06. The number of amides is 3. The molecule has 0 aromatic heterocycles. The van der Waals surface area contributed by atoms with Gasteiger partial charge in [0.1, 0.15) is 0 Å². The molecule has 0 fully saturated rings. The number of carbonyl (C=O) groups is 2. The number of benzene rings is 1. The number of halogens is 1. The van der Waals surface area contributed by atoms with Crippen LogP contribution in [-0.2, 0) is 4.74 Å². The molecule has 1 aromatic rings. The quantitative estimate of drug-likeness (QED) is 0.710. The zero-order valence-corrected chi connectivity index (χ0v) is 9.88. The Balaban J connectivity index is 2.34. The fraction of sp³-hybridized carbons (Fsp3) is 0.200. The van der Waals surface area contributed by atoms with Gasteiger partial charge in [-0.2, -0.15) is 0 Å². The molecule has 0 unspecified atom stereocenters. The Morgan fingerprint density at radius 3 is 2.47 bits per heavy atom. The SMILES string of the molecule is CCOC(=O)NNC(=O)Nc1ccc(Cl)cc1. The van der Waals surface area contributed by atoms with E-state index >= 15 is 0 Å². The standard InChI is InChI=1S/C10H12ClN3O3/c1-2-17-10(16)14-13-9(15)12-8-5-3-7(11)4-6-8/h3-6H,2H2,1H3,(H,14,16)(H2,12,13,15). The summed E-state index contributed by atoms with van der Waals surface area (Å²) in [4.78, 5) is 22.1. The van der Waals surface area contributed by atoms with E-state index < -0.39 is 12.1 Å². The highest BCUT2D eigenvalue weighted by Crippen LogP contribution is 2.12. The summed E-state index contributed by atoms with van der Waals surface area (Å²) < 4.78 is 4.55. The average Bonchev–Trinajstić information content (AvgIpc) is 2.30. The Kier molecular flexibility index (Phi) is 5.09. The normalized spacial score (nSPS) is 9.29. The molecule has 6 nitrogen and oxygen atoms in total. The molecule has 0 saturated heterocycles. The van der Waals surface area contributed by atoms with Crippen molar-refractivity contribution in [3.05, 3.63) is 29.3 Å². The van der Waals surface area contributed by atoms with Crippen LogP contribution in [0.1, 0.15) is 6.92 Å². The minimum atomic E-state index is -0.723. The fourth-order valence-electron chi connectivity index (χ4n) is 0.971. The molecule has 0 bridgehead atoms. The summed E-state index contributed by atoms with van der Waals surface area (Å²) in [5.41, 5.74) is 4.74. The number of nitrogens with one attached hydrogen (secondary N) is 3. The van der Waals surface area contributed by atoms with E-state index in [0.717, 1.165) is 0 Å². The number of hydrogen-bond acceptors (Lipinski definition) is 3. The van der Waals surface area contributed by atoms with Gasteiger partial charge in [0.2, 0.25) is 0 Å². The predicted molar refractivity (Wildman–Crippen MR) is 63.8 cm³/mol. The molecule has 0 aliphatic carbocycles. The number of urea groups is 1. The van der Waals surface area contributed by atoms with Crippen LogP contribution >= 0.6 is 11.6 Å². The van der Waals surface area contributed by atoms with Gasteiger partial charge in [-0.05, 0) is 31.2 Å². The third-order valence-electron chi connectivity index (χ3n) is 1.66. The summed E-state index contributed by atoms with van der Waals surface area (Å²) in [6.45, 7) is 1.89. The zero-order valence-electron chi connectivity index (χ0n) is 9.12. The lowest BCUT2D eigenvalue weighted by atomic mass is 10.3. The number of ether oxygens (including phenoxy) is 1. The highest BCUT2D eigenvalue weighted by atomic mass is 35.5. The molecule has 0 aliphatic rings. The molecule has 0 spiro atoms. The first-order chi connectivity index (χ1) is 8.11. The first-order valence-corrected chi connectivity index (χ1v) is 5.25. The van der Waals surface area contributed by atoms with Gasteiger partial charge in [-0.25, -0.2) is 20.4 Å². The number of hydrogen-bond donors (Lipinski definition) is 3. The molecule has 0 heterocycles. The van der Waals surface area contributed by atoms with E-state index in [-0.39, 0.29) is 6.61 Å². The molecule has 0 radical (unpaired) electrons. The molecule has 0 saturated carbocycles. The second kappa shape index (κ2) is 6.59. The van der Waals surface area contributed by atoms with Crippen molar-refractivity contribution < 1.29 is 14.3 Å². The van der Waals surface area contributed by atoms with Gasteiger partial charge in [0.25, 0.3) is 0 Å². The number of anilines is 1. The summed E-state index contributed by atoms with van der Waals surface area (Å²) in [5.74, 6) is 0. The molecule has 1 aromatic carbocycles. The Morgan fingerprint density at radius 1 is 1.24 bits per heavy atom. The van der Waals surface area contributed by atoms with Gasteiger partial charge in [-0.1, -0.05) is 11.6 Å². The van der Waals surface area contributed by atoms with E-state index in [1.807, 2.05) is 0 Å². The zero-order chi connectivity index (χ0) is 12.7. The molecule has 0 atom stereocenters. The van der Waals surface area contributed by atoms with Crippen molar-refractivity contribution >= 4 is 29.4 Å². The van der Waals surface area contributed by atoms with E-state index in [1.165, 1.54) is 0 Å². The topological polar surface area (TPSA) is 79.5 Å². The lowest BCUT2D eigenvalue weighted by Gasteiger charge is -2.08. The largest absolute Gasteiger partial charge is 0.449 e. The minimum absolute atomic E-state index is 0.228. The van der Waals surface area contributed by atoms with Crippen LogP contribution in [0.15, 0.2) is 24.3 Å². The minimum Gasteiger partial charge on any atom is -0.449 e. The van der Waals surface area contributed by atoms with Gasteiger partial charge in [0, 0.05) is 10.7 Å². The van der Waals surface area contributed by atoms with Crippen molar-refractivity contribution in [1.29, 1.82) is 0 Å². The highest BCUT2D eigenvalue weighted by Gasteiger charge is 2.04. The molecule has 3 amide bonds. The summed E-state index contributed by atoms with van der Waals surface area (Å²) in [6.07, 6.45) is -0.723. The van der Waals surface area contributed by atoms with Gasteiger partial charge >= 0.3 is 12.1 Å². The second-order valence-corrected chi connectivity index (χ2v) is 3.37. The van der Waals surface area contributed by atoms with Crippen LogP contribution in [0.5, 0.6) is 0 Å². The van der Waals surface area contributed by atoms with E-state index in [4.69, 9.17) is 11.6 Å². The Labute approximate surface area is 103 Å². The van der Waals surface area contributed by atoms with Crippen molar-refractivity contribution in [2.75, 3.05) is 11.9 Å². The van der Waals surface area contributed by atoms with Crippen molar-refractivity contribution in [1.82, 2.24) is 10.9 Å². The van der Waals surface area contributed by atoms with Crippen LogP contribution in [0, 0.1) is 0 Å². The van der Waals surface area contributed by atoms with Gasteiger partial charge in [-0.3, -0.25) is 0 Å². The van der Waals surface area contributed by atoms with Crippen LogP contribution in [0.25, 0.3) is 0 Å². The van der Waals surface area contributed by atoms with E-state index in [1.54, 1.807) is 31.2 Å². The Hall–Kier alpha value is -1.95. The molecule has 92 valence electrons. The average molecular weight is 258 g/mol. The van der Waals surface area contributed by atoms with Gasteiger partial charge in [0.15, 0.2) is 0 Å². The van der Waals surface area contributed by atoms with Crippen molar-refractivity contribution in [3.63, 3.8) is 0 Å². The van der Waals surface area contributed by atoms with Crippen LogP contribution in [0.3, 0.4) is 0 Å². The summed E-state index contributed by atoms with van der Waals surface area (Å²) in [6, 6.07) is 5.95. The lowest BCUT2D eigenvalue weighted by Crippen LogP contribution is -2.44. The van der Waals surface area contributed by atoms with Gasteiger partial charge < -0.3 is 10.1 Å². The van der Waals surface area contributed by atoms with Crippen molar-refractivity contribution in [3.8, 4) is 0 Å². The van der Waals surface area contributed by atoms with Crippen molar-refractivity contribution in [2.45, 2.75) is 6.92 Å². The van der Waals surface area contributed by atoms with Crippen LogP contribution in [0.2, 0.25) is 5.02 Å². The maximum absolute atomic E-state index is 11.3. The first kappa shape index (κ1) is 13.1. The maximum Gasteiger partial charge on any atom is 0.426 e. The van der Waals surface area contributed by atoms with Crippen LogP contribution in [0.4, 0.5) is 15.3 Å². The number of rotatable bonds is 2. The van der Waals surface area contributed by atoms with E-state index in [9.17, 15) is 9.59 Å². The summed E-state index contributed by atoms with van der Waals surface area (Å²) >= 11 is 5.68. The Bertz CT molecular complexity index is 394. The molecular formula is C10H12ClN3O3. The molecule has 17 heavy (non-hydrogen) atoms. The van der Waals surface area contributed by atoms with Gasteiger partial charge in [0.05, 0.1) is 6.61 Å². The van der Waals surface area contributed by atoms with Gasteiger partial charge in [-0.15, -0.1) is 0 Å².